The minimum absolute atomic E-state index is 0.213. The second kappa shape index (κ2) is 2.95. The Balaban J connectivity index is 3.26. The lowest BCUT2D eigenvalue weighted by Gasteiger charge is -1.85. The highest BCUT2D eigenvalue weighted by atomic mass is 16.1. The van der Waals surface area contributed by atoms with Crippen LogP contribution in [0.1, 0.15) is 0 Å². The van der Waals surface area contributed by atoms with Crippen molar-refractivity contribution in [2.75, 3.05) is 0 Å². The molecule has 0 fully saturated rings. The van der Waals surface area contributed by atoms with E-state index in [2.05, 4.69) is 10.2 Å². The summed E-state index contributed by atoms with van der Waals surface area (Å²) in [4.78, 5) is 11.6. The van der Waals surface area contributed by atoms with E-state index in [9.17, 15) is 4.79 Å². The van der Waals surface area contributed by atoms with Gasteiger partial charge in [-0.15, -0.1) is 0 Å². The number of nitrogens with two attached hydrogens (primary N) is 2. The van der Waals surface area contributed by atoms with E-state index >= 15 is 0 Å². The number of fused-ring (bicyclic) bond motifs is 1. The van der Waals surface area contributed by atoms with Crippen molar-refractivity contribution < 1.29 is 0 Å². The molecule has 0 unspecified atom stereocenters. The van der Waals surface area contributed by atoms with Gasteiger partial charge < -0.3 is 11.7 Å². The summed E-state index contributed by atoms with van der Waals surface area (Å²) in [5.41, 5.74) is -0.323. The fraction of sp³-hybridized carbons (Fsp3) is 0. The molecule has 5 nitrogen and oxygen atoms in total. The highest BCUT2D eigenvalue weighted by Crippen LogP contribution is 2.01. The zero-order chi connectivity index (χ0) is 10.1. The Labute approximate surface area is 78.7 Å². The number of rotatable bonds is 0. The molecule has 0 aliphatic rings. The van der Waals surface area contributed by atoms with Crippen molar-refractivity contribution in [1.82, 2.24) is 0 Å². The summed E-state index contributed by atoms with van der Waals surface area (Å²) in [6.07, 6.45) is 0. The molecule has 0 aliphatic carbocycles. The van der Waals surface area contributed by atoms with Gasteiger partial charge in [0.25, 0.3) is 0 Å². The first-order valence-corrected chi connectivity index (χ1v) is 4.00. The van der Waals surface area contributed by atoms with Crippen molar-refractivity contribution in [1.29, 1.82) is 0 Å². The zero-order valence-corrected chi connectivity index (χ0v) is 7.27. The van der Waals surface area contributed by atoms with Crippen LogP contribution in [-0.4, -0.2) is 0 Å². The molecule has 0 heterocycles. The van der Waals surface area contributed by atoms with E-state index < -0.39 is 0 Å². The van der Waals surface area contributed by atoms with Crippen LogP contribution >= 0.6 is 0 Å². The van der Waals surface area contributed by atoms with Gasteiger partial charge in [0, 0.05) is 10.8 Å². The Morgan fingerprint density at radius 1 is 0.929 bits per heavy atom. The van der Waals surface area contributed by atoms with E-state index in [1.54, 1.807) is 24.3 Å². The van der Waals surface area contributed by atoms with Crippen molar-refractivity contribution in [2.24, 2.45) is 21.9 Å². The smallest absolute Gasteiger partial charge is 0.234 e. The first-order valence-electron chi connectivity index (χ1n) is 4.00. The Morgan fingerprint density at radius 3 is 1.71 bits per heavy atom. The quantitative estimate of drug-likeness (QED) is 0.394. The molecule has 4 N–H and O–H groups in total. The average molecular weight is 188 g/mol. The van der Waals surface area contributed by atoms with Gasteiger partial charge in [0.1, 0.15) is 10.7 Å². The van der Waals surface area contributed by atoms with E-state index in [1.807, 2.05) is 0 Å². The van der Waals surface area contributed by atoms with Crippen LogP contribution in [-0.2, 0) is 0 Å². The minimum atomic E-state index is -0.323. The van der Waals surface area contributed by atoms with Crippen molar-refractivity contribution in [3.63, 3.8) is 0 Å². The van der Waals surface area contributed by atoms with Crippen LogP contribution in [0.2, 0.25) is 0 Å². The molecule has 5 heteroatoms. The SMILES string of the molecule is NN=c1c(=O)c(=NN)c2ccccc12. The normalized spacial score (nSPS) is 14.0. The molecule has 14 heavy (non-hydrogen) atoms. The van der Waals surface area contributed by atoms with Crippen LogP contribution < -0.4 is 27.8 Å². The second-order valence-corrected chi connectivity index (χ2v) is 2.83. The van der Waals surface area contributed by atoms with Gasteiger partial charge in [0.15, 0.2) is 0 Å². The lowest BCUT2D eigenvalue weighted by Crippen LogP contribution is -2.33. The largest absolute Gasteiger partial charge is 0.323 e. The molecular weight excluding hydrogens is 180 g/mol. The zero-order valence-electron chi connectivity index (χ0n) is 7.27. The van der Waals surface area contributed by atoms with Crippen LogP contribution in [0.3, 0.4) is 0 Å². The van der Waals surface area contributed by atoms with Crippen molar-refractivity contribution in [2.45, 2.75) is 0 Å². The van der Waals surface area contributed by atoms with Crippen LogP contribution in [0.25, 0.3) is 10.8 Å². The maximum Gasteiger partial charge on any atom is 0.234 e. The maximum atomic E-state index is 11.6. The molecule has 0 bridgehead atoms. The fourth-order valence-electron chi connectivity index (χ4n) is 1.51. The average Bonchev–Trinajstić information content (AvgIpc) is 2.49. The molecule has 0 aliphatic heterocycles. The Bertz CT molecular complexity index is 581. The standard InChI is InChI=1S/C9H8N4O/c10-12-7-5-3-1-2-4-6(5)8(13-11)9(7)14/h1-4H,10-11H2. The molecule has 0 saturated heterocycles. The molecule has 2 aromatic carbocycles. The van der Waals surface area contributed by atoms with Gasteiger partial charge in [-0.1, -0.05) is 24.3 Å². The summed E-state index contributed by atoms with van der Waals surface area (Å²) in [5.74, 6) is 10.3. The van der Waals surface area contributed by atoms with Gasteiger partial charge in [-0.25, -0.2) is 0 Å². The molecule has 70 valence electrons. The molecule has 0 spiro atoms. The third-order valence-electron chi connectivity index (χ3n) is 2.13. The number of hydrogen-bond donors (Lipinski definition) is 2. The summed E-state index contributed by atoms with van der Waals surface area (Å²) in [7, 11) is 0. The van der Waals surface area contributed by atoms with Crippen molar-refractivity contribution in [3.8, 4) is 0 Å². The summed E-state index contributed by atoms with van der Waals surface area (Å²) in [6, 6.07) is 7.13. The lowest BCUT2D eigenvalue weighted by molar-refractivity contribution is 1.11. The predicted octanol–water partition coefficient (Wildman–Crippen LogP) is -1.38. The molecule has 0 saturated carbocycles. The summed E-state index contributed by atoms with van der Waals surface area (Å²) in [5, 5.41) is 8.67. The van der Waals surface area contributed by atoms with E-state index in [0.717, 1.165) is 0 Å². The first kappa shape index (κ1) is 8.43. The van der Waals surface area contributed by atoms with Gasteiger partial charge >= 0.3 is 0 Å². The Morgan fingerprint density at radius 2 is 1.36 bits per heavy atom. The van der Waals surface area contributed by atoms with Crippen LogP contribution in [0.15, 0.2) is 39.3 Å². The van der Waals surface area contributed by atoms with Gasteiger partial charge in [0.05, 0.1) is 0 Å². The lowest BCUT2D eigenvalue weighted by atomic mass is 10.2. The fourth-order valence-corrected chi connectivity index (χ4v) is 1.51. The molecule has 0 amide bonds. The van der Waals surface area contributed by atoms with E-state index in [0.29, 0.717) is 10.8 Å². The van der Waals surface area contributed by atoms with E-state index in [4.69, 9.17) is 11.7 Å². The van der Waals surface area contributed by atoms with Crippen LogP contribution in [0.5, 0.6) is 0 Å². The van der Waals surface area contributed by atoms with Gasteiger partial charge in [0.2, 0.25) is 5.43 Å². The Kier molecular flexibility index (Phi) is 1.78. The highest BCUT2D eigenvalue weighted by molar-refractivity contribution is 5.82. The molecule has 2 aromatic rings. The van der Waals surface area contributed by atoms with Gasteiger partial charge in [-0.05, 0) is 0 Å². The molecule has 0 radical (unpaired) electrons. The third kappa shape index (κ3) is 0.922. The second-order valence-electron chi connectivity index (χ2n) is 2.83. The van der Waals surface area contributed by atoms with Crippen molar-refractivity contribution in [3.05, 3.63) is 45.2 Å². The van der Waals surface area contributed by atoms with Gasteiger partial charge in [-0.3, -0.25) is 4.79 Å². The van der Waals surface area contributed by atoms with Crippen LogP contribution in [0.4, 0.5) is 0 Å². The predicted molar refractivity (Wildman–Crippen MR) is 52.1 cm³/mol. The maximum absolute atomic E-state index is 11.6. The van der Waals surface area contributed by atoms with E-state index in [1.165, 1.54) is 0 Å². The number of nitrogens with zero attached hydrogens (tertiary/aromatic N) is 2. The third-order valence-corrected chi connectivity index (χ3v) is 2.13. The molecular formula is C9H8N4O. The summed E-state index contributed by atoms with van der Waals surface area (Å²) < 4.78 is 0. The monoisotopic (exact) mass is 188 g/mol. The highest BCUT2D eigenvalue weighted by Gasteiger charge is 2.07. The Hall–Kier alpha value is -2.17. The van der Waals surface area contributed by atoms with Crippen molar-refractivity contribution >= 4 is 10.8 Å². The molecule has 0 atom stereocenters. The number of hydrogen-bond acceptors (Lipinski definition) is 5. The summed E-state index contributed by atoms with van der Waals surface area (Å²) >= 11 is 0. The topological polar surface area (TPSA) is 93.8 Å². The summed E-state index contributed by atoms with van der Waals surface area (Å²) in [6.45, 7) is 0. The molecule has 0 aromatic heterocycles. The first-order chi connectivity index (χ1) is 6.79. The molecule has 2 rings (SSSR count). The number of benzene rings is 1. The van der Waals surface area contributed by atoms with Crippen LogP contribution in [0, 0.1) is 0 Å². The van der Waals surface area contributed by atoms with E-state index in [-0.39, 0.29) is 16.1 Å². The van der Waals surface area contributed by atoms with Gasteiger partial charge in [-0.2, -0.15) is 10.2 Å². The minimum Gasteiger partial charge on any atom is -0.323 e.